The molecule has 0 saturated heterocycles. The highest BCUT2D eigenvalue weighted by Crippen LogP contribution is 2.16. The number of pyridine rings is 1. The van der Waals surface area contributed by atoms with Crippen LogP contribution in [0, 0.1) is 0 Å². The quantitative estimate of drug-likeness (QED) is 0.771. The summed E-state index contributed by atoms with van der Waals surface area (Å²) in [6, 6.07) is 14.1. The summed E-state index contributed by atoms with van der Waals surface area (Å²) in [7, 11) is 0. The van der Waals surface area contributed by atoms with Crippen LogP contribution in [0.2, 0.25) is 5.02 Å². The van der Waals surface area contributed by atoms with E-state index in [-0.39, 0.29) is 17.0 Å². The molecule has 3 rings (SSSR count). The first-order valence-corrected chi connectivity index (χ1v) is 7.61. The average Bonchev–Trinajstić information content (AvgIpc) is 2.56. The number of halogens is 1. The predicted octanol–water partition coefficient (Wildman–Crippen LogP) is 3.67. The van der Waals surface area contributed by atoms with E-state index in [0.29, 0.717) is 15.9 Å². The van der Waals surface area contributed by atoms with Crippen molar-refractivity contribution in [2.45, 2.75) is 13.0 Å². The summed E-state index contributed by atoms with van der Waals surface area (Å²) in [5, 5.41) is 3.97. The molecule has 116 valence electrons. The second-order valence-electron chi connectivity index (χ2n) is 5.32. The van der Waals surface area contributed by atoms with Gasteiger partial charge >= 0.3 is 0 Å². The minimum Gasteiger partial charge on any atom is -0.360 e. The monoisotopic (exact) mass is 326 g/mol. The Morgan fingerprint density at radius 2 is 1.83 bits per heavy atom. The second kappa shape index (κ2) is 6.26. The number of amides is 1. The van der Waals surface area contributed by atoms with Gasteiger partial charge < -0.3 is 10.3 Å². The number of benzene rings is 2. The summed E-state index contributed by atoms with van der Waals surface area (Å²) in [5.41, 5.74) is 1.45. The second-order valence-corrected chi connectivity index (χ2v) is 5.76. The zero-order valence-electron chi connectivity index (χ0n) is 12.5. The predicted molar refractivity (Wildman–Crippen MR) is 91.9 cm³/mol. The fourth-order valence-corrected chi connectivity index (χ4v) is 2.57. The number of carbonyl (C=O) groups is 1. The maximum atomic E-state index is 12.4. The van der Waals surface area contributed by atoms with Gasteiger partial charge in [0.15, 0.2) is 0 Å². The molecule has 23 heavy (non-hydrogen) atoms. The van der Waals surface area contributed by atoms with Crippen molar-refractivity contribution >= 4 is 28.4 Å². The maximum Gasteiger partial charge on any atom is 0.257 e. The fraction of sp³-hybridized carbons (Fsp3) is 0.111. The largest absolute Gasteiger partial charge is 0.360 e. The summed E-state index contributed by atoms with van der Waals surface area (Å²) < 4.78 is 0. The summed E-state index contributed by atoms with van der Waals surface area (Å²) >= 11 is 5.86. The van der Waals surface area contributed by atoms with Crippen molar-refractivity contribution in [3.63, 3.8) is 0 Å². The van der Waals surface area contributed by atoms with Crippen LogP contribution in [-0.2, 0) is 0 Å². The highest BCUT2D eigenvalue weighted by atomic mass is 35.5. The standard InChI is InChI=1S/C18H15ClN2O2/c1-11(12-6-8-13(19)9-7-12)21-18(23)15-10-20-16-5-3-2-4-14(16)17(15)22/h2-11H,1H3,(H,20,22)(H,21,23). The number of hydrogen-bond acceptors (Lipinski definition) is 2. The molecule has 4 nitrogen and oxygen atoms in total. The van der Waals surface area contributed by atoms with Crippen molar-refractivity contribution in [3.05, 3.63) is 81.1 Å². The lowest BCUT2D eigenvalue weighted by atomic mass is 10.1. The first-order chi connectivity index (χ1) is 11.1. The third-order valence-corrected chi connectivity index (χ3v) is 4.00. The van der Waals surface area contributed by atoms with Crippen LogP contribution in [0.15, 0.2) is 59.5 Å². The summed E-state index contributed by atoms with van der Waals surface area (Å²) in [5.74, 6) is -0.403. The van der Waals surface area contributed by atoms with E-state index < -0.39 is 5.91 Å². The minimum absolute atomic E-state index is 0.101. The van der Waals surface area contributed by atoms with Crippen molar-refractivity contribution in [1.29, 1.82) is 0 Å². The number of hydrogen-bond donors (Lipinski definition) is 2. The van der Waals surface area contributed by atoms with E-state index in [1.54, 1.807) is 30.3 Å². The third kappa shape index (κ3) is 3.12. The Kier molecular flexibility index (Phi) is 4.17. The van der Waals surface area contributed by atoms with Gasteiger partial charge in [-0.1, -0.05) is 35.9 Å². The molecule has 2 aromatic carbocycles. The van der Waals surface area contributed by atoms with Crippen molar-refractivity contribution < 1.29 is 4.79 Å². The van der Waals surface area contributed by atoms with Gasteiger partial charge in [-0.05, 0) is 36.8 Å². The molecule has 1 heterocycles. The Morgan fingerprint density at radius 3 is 2.57 bits per heavy atom. The fourth-order valence-electron chi connectivity index (χ4n) is 2.45. The topological polar surface area (TPSA) is 62.0 Å². The van der Waals surface area contributed by atoms with E-state index >= 15 is 0 Å². The maximum absolute atomic E-state index is 12.4. The van der Waals surface area contributed by atoms with Crippen LogP contribution < -0.4 is 10.7 Å². The lowest BCUT2D eigenvalue weighted by molar-refractivity contribution is 0.0938. The van der Waals surface area contributed by atoms with E-state index in [1.165, 1.54) is 6.20 Å². The molecule has 0 fully saturated rings. The van der Waals surface area contributed by atoms with E-state index in [4.69, 9.17) is 11.6 Å². The normalized spacial score (nSPS) is 12.1. The molecule has 0 radical (unpaired) electrons. The highest BCUT2D eigenvalue weighted by Gasteiger charge is 2.15. The highest BCUT2D eigenvalue weighted by molar-refractivity contribution is 6.30. The van der Waals surface area contributed by atoms with Crippen LogP contribution in [0.1, 0.15) is 28.9 Å². The summed E-state index contributed by atoms with van der Waals surface area (Å²) in [6.45, 7) is 1.86. The zero-order valence-corrected chi connectivity index (χ0v) is 13.2. The molecule has 0 aliphatic heterocycles. The number of fused-ring (bicyclic) bond motifs is 1. The number of nitrogens with one attached hydrogen (secondary N) is 2. The molecular formula is C18H15ClN2O2. The number of H-pyrrole nitrogens is 1. The molecule has 0 bridgehead atoms. The number of carbonyl (C=O) groups excluding carboxylic acids is 1. The van der Waals surface area contributed by atoms with Gasteiger partial charge in [-0.25, -0.2) is 0 Å². The molecule has 1 atom stereocenters. The molecule has 2 N–H and O–H groups in total. The first-order valence-electron chi connectivity index (χ1n) is 7.23. The Bertz CT molecular complexity index is 916. The number of para-hydroxylation sites is 1. The Hall–Kier alpha value is -2.59. The minimum atomic E-state index is -0.403. The Labute approximate surface area is 138 Å². The zero-order chi connectivity index (χ0) is 16.4. The first kappa shape index (κ1) is 15.3. The number of rotatable bonds is 3. The van der Waals surface area contributed by atoms with Gasteiger partial charge in [0.05, 0.1) is 6.04 Å². The number of aromatic amines is 1. The van der Waals surface area contributed by atoms with E-state index in [0.717, 1.165) is 5.56 Å². The van der Waals surface area contributed by atoms with E-state index in [2.05, 4.69) is 10.3 Å². The molecule has 1 amide bonds. The van der Waals surface area contributed by atoms with Crippen LogP contribution in [0.4, 0.5) is 0 Å². The molecule has 0 aliphatic carbocycles. The SMILES string of the molecule is CC(NC(=O)c1c[nH]c2ccccc2c1=O)c1ccc(Cl)cc1. The van der Waals surface area contributed by atoms with Crippen LogP contribution in [0.25, 0.3) is 10.9 Å². The van der Waals surface area contributed by atoms with Crippen molar-refractivity contribution in [1.82, 2.24) is 10.3 Å². The van der Waals surface area contributed by atoms with Gasteiger partial charge in [0.1, 0.15) is 5.56 Å². The van der Waals surface area contributed by atoms with Crippen molar-refractivity contribution in [2.75, 3.05) is 0 Å². The van der Waals surface area contributed by atoms with Gasteiger partial charge in [0.25, 0.3) is 5.91 Å². The molecule has 3 aromatic rings. The summed E-state index contributed by atoms with van der Waals surface area (Å²) in [6.07, 6.45) is 1.45. The van der Waals surface area contributed by atoms with Crippen LogP contribution in [0.5, 0.6) is 0 Å². The van der Waals surface area contributed by atoms with Crippen molar-refractivity contribution in [3.8, 4) is 0 Å². The molecule has 0 saturated carbocycles. The molecule has 1 unspecified atom stereocenters. The van der Waals surface area contributed by atoms with E-state index in [1.807, 2.05) is 25.1 Å². The average molecular weight is 327 g/mol. The van der Waals surface area contributed by atoms with E-state index in [9.17, 15) is 9.59 Å². The van der Waals surface area contributed by atoms with Crippen molar-refractivity contribution in [2.24, 2.45) is 0 Å². The smallest absolute Gasteiger partial charge is 0.257 e. The number of aromatic nitrogens is 1. The van der Waals surface area contributed by atoms with Crippen LogP contribution in [-0.4, -0.2) is 10.9 Å². The molecule has 1 aromatic heterocycles. The summed E-state index contributed by atoms with van der Waals surface area (Å²) in [4.78, 5) is 27.8. The van der Waals surface area contributed by atoms with Gasteiger partial charge in [-0.3, -0.25) is 9.59 Å². The van der Waals surface area contributed by atoms with Gasteiger partial charge in [-0.15, -0.1) is 0 Å². The van der Waals surface area contributed by atoms with Gasteiger partial charge in [0.2, 0.25) is 5.43 Å². The Balaban J connectivity index is 1.87. The molecule has 0 aliphatic rings. The lowest BCUT2D eigenvalue weighted by Crippen LogP contribution is -2.31. The third-order valence-electron chi connectivity index (χ3n) is 3.75. The van der Waals surface area contributed by atoms with Crippen LogP contribution >= 0.6 is 11.6 Å². The van der Waals surface area contributed by atoms with Gasteiger partial charge in [-0.2, -0.15) is 0 Å². The van der Waals surface area contributed by atoms with Crippen LogP contribution in [0.3, 0.4) is 0 Å². The molecule has 0 spiro atoms. The lowest BCUT2D eigenvalue weighted by Gasteiger charge is -2.14. The molecule has 5 heteroatoms. The van der Waals surface area contributed by atoms with Gasteiger partial charge in [0, 0.05) is 22.1 Å². The molecular weight excluding hydrogens is 312 g/mol. The Morgan fingerprint density at radius 1 is 1.13 bits per heavy atom.